The molecule has 0 saturated heterocycles. The van der Waals surface area contributed by atoms with Crippen molar-refractivity contribution in [2.24, 2.45) is 5.92 Å². The van der Waals surface area contributed by atoms with Crippen LogP contribution >= 0.6 is 0 Å². The van der Waals surface area contributed by atoms with E-state index >= 15 is 0 Å². The minimum absolute atomic E-state index is 0.832. The quantitative estimate of drug-likeness (QED) is 0.660. The molecule has 0 aromatic rings. The fourth-order valence-electron chi connectivity index (χ4n) is 2.14. The Labute approximate surface area is 70.6 Å². The third kappa shape index (κ3) is 2.82. The summed E-state index contributed by atoms with van der Waals surface area (Å²) in [7, 11) is 0. The van der Waals surface area contributed by atoms with Gasteiger partial charge in [0.2, 0.25) is 0 Å². The van der Waals surface area contributed by atoms with Crippen molar-refractivity contribution in [1.82, 2.24) is 5.32 Å². The molecule has 1 heteroatoms. The first kappa shape index (κ1) is 9.05. The predicted molar refractivity (Wildman–Crippen MR) is 49.7 cm³/mol. The van der Waals surface area contributed by atoms with E-state index in [-0.39, 0.29) is 0 Å². The zero-order valence-corrected chi connectivity index (χ0v) is 7.90. The molecular weight excluding hydrogens is 134 g/mol. The summed E-state index contributed by atoms with van der Waals surface area (Å²) in [6, 6.07) is 0.832. The van der Waals surface area contributed by atoms with Crippen LogP contribution in [0.2, 0.25) is 0 Å². The van der Waals surface area contributed by atoms with E-state index in [4.69, 9.17) is 0 Å². The molecule has 0 spiro atoms. The highest BCUT2D eigenvalue weighted by atomic mass is 14.9. The van der Waals surface area contributed by atoms with E-state index in [1.807, 2.05) is 0 Å². The Morgan fingerprint density at radius 3 is 2.73 bits per heavy atom. The van der Waals surface area contributed by atoms with E-state index in [9.17, 15) is 0 Å². The summed E-state index contributed by atoms with van der Waals surface area (Å²) in [6.45, 7) is 5.66. The van der Waals surface area contributed by atoms with Crippen molar-refractivity contribution in [3.8, 4) is 0 Å². The van der Waals surface area contributed by atoms with Crippen molar-refractivity contribution in [1.29, 1.82) is 0 Å². The fraction of sp³-hybridized carbons (Fsp3) is 1.00. The van der Waals surface area contributed by atoms with E-state index in [1.165, 1.54) is 32.1 Å². The van der Waals surface area contributed by atoms with Crippen molar-refractivity contribution in [2.45, 2.75) is 52.0 Å². The third-order valence-electron chi connectivity index (χ3n) is 2.85. The van der Waals surface area contributed by atoms with Crippen LogP contribution in [0.5, 0.6) is 0 Å². The molecule has 11 heavy (non-hydrogen) atoms. The monoisotopic (exact) mass is 155 g/mol. The first-order valence-electron chi connectivity index (χ1n) is 5.10. The van der Waals surface area contributed by atoms with Gasteiger partial charge in [0, 0.05) is 6.04 Å². The largest absolute Gasteiger partial charge is 0.314 e. The van der Waals surface area contributed by atoms with Crippen LogP contribution in [0.3, 0.4) is 0 Å². The Kier molecular flexibility index (Phi) is 3.92. The van der Waals surface area contributed by atoms with Crippen LogP contribution in [0.1, 0.15) is 46.0 Å². The summed E-state index contributed by atoms with van der Waals surface area (Å²) in [5.74, 6) is 1.01. The van der Waals surface area contributed by atoms with Gasteiger partial charge >= 0.3 is 0 Å². The first-order valence-corrected chi connectivity index (χ1v) is 5.10. The van der Waals surface area contributed by atoms with Gasteiger partial charge in [0.05, 0.1) is 0 Å². The molecule has 1 rings (SSSR count). The molecule has 0 aromatic heterocycles. The van der Waals surface area contributed by atoms with Gasteiger partial charge in [0.25, 0.3) is 0 Å². The van der Waals surface area contributed by atoms with Crippen LogP contribution in [-0.4, -0.2) is 12.6 Å². The van der Waals surface area contributed by atoms with Gasteiger partial charge in [-0.1, -0.05) is 33.1 Å². The molecule has 1 saturated carbocycles. The zero-order chi connectivity index (χ0) is 8.10. The highest BCUT2D eigenvalue weighted by Crippen LogP contribution is 2.26. The minimum atomic E-state index is 0.832. The topological polar surface area (TPSA) is 12.0 Å². The Hall–Kier alpha value is -0.0400. The molecule has 1 nitrogen and oxygen atoms in total. The minimum Gasteiger partial charge on any atom is -0.314 e. The average molecular weight is 155 g/mol. The number of nitrogens with one attached hydrogen (secondary N) is 1. The Morgan fingerprint density at radius 2 is 2.09 bits per heavy atom. The molecule has 0 aliphatic heterocycles. The van der Waals surface area contributed by atoms with Crippen molar-refractivity contribution >= 4 is 0 Å². The molecule has 1 aliphatic rings. The van der Waals surface area contributed by atoms with Crippen LogP contribution in [0.4, 0.5) is 0 Å². The average Bonchev–Trinajstić information content (AvgIpc) is 2.06. The number of hydrogen-bond donors (Lipinski definition) is 1. The highest BCUT2D eigenvalue weighted by molar-refractivity contribution is 4.76. The Balaban J connectivity index is 2.21. The lowest BCUT2D eigenvalue weighted by molar-refractivity contribution is 0.282. The second-order valence-corrected chi connectivity index (χ2v) is 3.70. The van der Waals surface area contributed by atoms with E-state index in [2.05, 4.69) is 19.2 Å². The van der Waals surface area contributed by atoms with E-state index in [0.717, 1.165) is 18.5 Å². The van der Waals surface area contributed by atoms with E-state index in [0.29, 0.717) is 0 Å². The second-order valence-electron chi connectivity index (χ2n) is 3.70. The highest BCUT2D eigenvalue weighted by Gasteiger charge is 2.19. The maximum Gasteiger partial charge on any atom is 0.00695 e. The molecule has 0 aromatic carbocycles. The molecule has 66 valence electrons. The lowest BCUT2D eigenvalue weighted by atomic mass is 9.84. The predicted octanol–water partition coefficient (Wildman–Crippen LogP) is 2.56. The van der Waals surface area contributed by atoms with Gasteiger partial charge in [-0.3, -0.25) is 0 Å². The van der Waals surface area contributed by atoms with E-state index in [1.54, 1.807) is 0 Å². The maximum atomic E-state index is 3.55. The molecule has 0 radical (unpaired) electrons. The molecule has 1 aliphatic carbocycles. The lowest BCUT2D eigenvalue weighted by Crippen LogP contribution is -2.33. The van der Waals surface area contributed by atoms with Gasteiger partial charge in [-0.15, -0.1) is 0 Å². The zero-order valence-electron chi connectivity index (χ0n) is 7.90. The summed E-state index contributed by atoms with van der Waals surface area (Å²) in [6.07, 6.45) is 7.12. The van der Waals surface area contributed by atoms with Gasteiger partial charge in [-0.2, -0.15) is 0 Å². The molecule has 0 heterocycles. The number of rotatable bonds is 3. The first-order chi connectivity index (χ1) is 5.36. The van der Waals surface area contributed by atoms with Crippen molar-refractivity contribution in [3.63, 3.8) is 0 Å². The molecule has 1 fully saturated rings. The Morgan fingerprint density at radius 1 is 1.27 bits per heavy atom. The normalized spacial score (nSPS) is 32.2. The fourth-order valence-corrected chi connectivity index (χ4v) is 2.14. The molecule has 2 atom stereocenters. The van der Waals surface area contributed by atoms with Crippen molar-refractivity contribution in [3.05, 3.63) is 0 Å². The standard InChI is InChI=1S/C10H21N/c1-3-9-6-5-7-10(8-9)11-4-2/h9-11H,3-8H2,1-2H3/t9-,10+/m1/s1. The molecular formula is C10H21N. The SMILES string of the molecule is CCN[C@H]1CCC[C@@H](CC)C1. The van der Waals surface area contributed by atoms with Gasteiger partial charge in [-0.25, -0.2) is 0 Å². The molecule has 0 bridgehead atoms. The van der Waals surface area contributed by atoms with Gasteiger partial charge in [-0.05, 0) is 25.3 Å². The van der Waals surface area contributed by atoms with Gasteiger partial charge in [0.1, 0.15) is 0 Å². The van der Waals surface area contributed by atoms with Crippen LogP contribution in [0.25, 0.3) is 0 Å². The van der Waals surface area contributed by atoms with Crippen LogP contribution in [-0.2, 0) is 0 Å². The second kappa shape index (κ2) is 4.76. The van der Waals surface area contributed by atoms with Crippen molar-refractivity contribution < 1.29 is 0 Å². The summed E-state index contributed by atoms with van der Waals surface area (Å²) in [5, 5.41) is 3.55. The molecule has 0 amide bonds. The summed E-state index contributed by atoms with van der Waals surface area (Å²) < 4.78 is 0. The third-order valence-corrected chi connectivity index (χ3v) is 2.85. The van der Waals surface area contributed by atoms with Crippen molar-refractivity contribution in [2.75, 3.05) is 6.54 Å². The molecule has 0 unspecified atom stereocenters. The maximum absolute atomic E-state index is 3.55. The van der Waals surface area contributed by atoms with Gasteiger partial charge in [0.15, 0.2) is 0 Å². The Bertz CT molecular complexity index is 99.0. The van der Waals surface area contributed by atoms with Crippen LogP contribution in [0, 0.1) is 5.92 Å². The summed E-state index contributed by atoms with van der Waals surface area (Å²) in [4.78, 5) is 0. The lowest BCUT2D eigenvalue weighted by Gasteiger charge is -2.28. The van der Waals surface area contributed by atoms with E-state index < -0.39 is 0 Å². The number of hydrogen-bond acceptors (Lipinski definition) is 1. The molecule has 1 N–H and O–H groups in total. The summed E-state index contributed by atoms with van der Waals surface area (Å²) >= 11 is 0. The van der Waals surface area contributed by atoms with Crippen LogP contribution < -0.4 is 5.32 Å². The van der Waals surface area contributed by atoms with Crippen LogP contribution in [0.15, 0.2) is 0 Å². The smallest absolute Gasteiger partial charge is 0.00695 e. The van der Waals surface area contributed by atoms with Gasteiger partial charge < -0.3 is 5.32 Å². The summed E-state index contributed by atoms with van der Waals surface area (Å²) in [5.41, 5.74) is 0.